The minimum atomic E-state index is 0.360. The van der Waals surface area contributed by atoms with Gasteiger partial charge in [-0.15, -0.1) is 0 Å². The van der Waals surface area contributed by atoms with Gasteiger partial charge in [-0.3, -0.25) is 0 Å². The summed E-state index contributed by atoms with van der Waals surface area (Å²) in [7, 11) is 2.18. The van der Waals surface area contributed by atoms with Crippen LogP contribution in [0.4, 0.5) is 5.82 Å². The molecule has 0 aliphatic heterocycles. The molecule has 0 unspecified atom stereocenters. The van der Waals surface area contributed by atoms with Crippen molar-refractivity contribution in [3.63, 3.8) is 0 Å². The first-order valence-corrected chi connectivity index (χ1v) is 8.14. The van der Waals surface area contributed by atoms with Crippen molar-refractivity contribution in [3.05, 3.63) is 16.5 Å². The molecule has 106 valence electrons. The number of nitrogens with zero attached hydrogens (tertiary/aromatic N) is 3. The first-order valence-electron chi connectivity index (χ1n) is 7.35. The highest BCUT2D eigenvalue weighted by atomic mass is 79.9. The smallest absolute Gasteiger partial charge is 0.134 e. The molecule has 0 spiro atoms. The zero-order chi connectivity index (χ0) is 13.8. The molecule has 4 heteroatoms. The van der Waals surface area contributed by atoms with Gasteiger partial charge in [0.05, 0.1) is 0 Å². The topological polar surface area (TPSA) is 29.0 Å². The van der Waals surface area contributed by atoms with Crippen LogP contribution < -0.4 is 4.90 Å². The molecule has 1 heterocycles. The minimum absolute atomic E-state index is 0.360. The molecule has 0 radical (unpaired) electrons. The fourth-order valence-electron chi connectivity index (χ4n) is 2.69. The van der Waals surface area contributed by atoms with Crippen molar-refractivity contribution in [3.8, 4) is 0 Å². The van der Waals surface area contributed by atoms with Gasteiger partial charge in [0, 0.05) is 25.1 Å². The molecular weight excluding hydrogens is 302 g/mol. The highest BCUT2D eigenvalue weighted by molar-refractivity contribution is 9.10. The summed E-state index contributed by atoms with van der Waals surface area (Å²) in [5, 5.41) is 0. The van der Waals surface area contributed by atoms with Crippen LogP contribution in [-0.2, 0) is 0 Å². The van der Waals surface area contributed by atoms with Gasteiger partial charge in [0.25, 0.3) is 0 Å². The monoisotopic (exact) mass is 325 g/mol. The number of rotatable bonds is 3. The molecule has 0 aromatic carbocycles. The van der Waals surface area contributed by atoms with Crippen LogP contribution in [0, 0.1) is 0 Å². The molecule has 1 aliphatic rings. The Bertz CT molecular complexity index is 412. The molecule has 19 heavy (non-hydrogen) atoms. The second kappa shape index (κ2) is 6.69. The van der Waals surface area contributed by atoms with E-state index in [0.717, 1.165) is 16.2 Å². The summed E-state index contributed by atoms with van der Waals surface area (Å²) in [5.41, 5.74) is 0. The Morgan fingerprint density at radius 3 is 2.37 bits per heavy atom. The summed E-state index contributed by atoms with van der Waals surface area (Å²) in [4.78, 5) is 11.5. The van der Waals surface area contributed by atoms with E-state index >= 15 is 0 Å². The molecule has 1 fully saturated rings. The van der Waals surface area contributed by atoms with Gasteiger partial charge < -0.3 is 4.90 Å². The zero-order valence-corrected chi connectivity index (χ0v) is 13.8. The van der Waals surface area contributed by atoms with E-state index in [4.69, 9.17) is 4.98 Å². The van der Waals surface area contributed by atoms with Gasteiger partial charge >= 0.3 is 0 Å². The highest BCUT2D eigenvalue weighted by Crippen LogP contribution is 2.26. The average molecular weight is 326 g/mol. The molecule has 0 atom stereocenters. The van der Waals surface area contributed by atoms with Crippen molar-refractivity contribution in [2.45, 2.75) is 64.3 Å². The van der Waals surface area contributed by atoms with Gasteiger partial charge in [0.2, 0.25) is 0 Å². The van der Waals surface area contributed by atoms with Crippen LogP contribution in [0.2, 0.25) is 0 Å². The maximum atomic E-state index is 4.72. The van der Waals surface area contributed by atoms with E-state index in [1.165, 1.54) is 38.5 Å². The van der Waals surface area contributed by atoms with E-state index in [-0.39, 0.29) is 0 Å². The molecule has 0 saturated heterocycles. The largest absolute Gasteiger partial charge is 0.357 e. The van der Waals surface area contributed by atoms with Gasteiger partial charge in [-0.2, -0.15) is 0 Å². The van der Waals surface area contributed by atoms with E-state index < -0.39 is 0 Å². The minimum Gasteiger partial charge on any atom is -0.357 e. The lowest BCUT2D eigenvalue weighted by atomic mass is 10.1. The lowest BCUT2D eigenvalue weighted by molar-refractivity contribution is 0.547. The fraction of sp³-hybridized carbons (Fsp3) is 0.733. The van der Waals surface area contributed by atoms with Gasteiger partial charge in [-0.25, -0.2) is 9.97 Å². The third-order valence-electron chi connectivity index (χ3n) is 3.95. The summed E-state index contributed by atoms with van der Waals surface area (Å²) in [6, 6.07) is 2.67. The standard InChI is InChI=1S/C15H24BrN3/c1-11(2)15-17-13(16)10-14(18-15)19(3)12-8-6-4-5-7-9-12/h10-12H,4-9H2,1-3H3. The highest BCUT2D eigenvalue weighted by Gasteiger charge is 2.19. The summed E-state index contributed by atoms with van der Waals surface area (Å²) in [6.45, 7) is 4.27. The van der Waals surface area contributed by atoms with Crippen molar-refractivity contribution in [1.29, 1.82) is 0 Å². The quantitative estimate of drug-likeness (QED) is 0.604. The molecule has 0 amide bonds. The van der Waals surface area contributed by atoms with Crippen LogP contribution >= 0.6 is 15.9 Å². The number of hydrogen-bond donors (Lipinski definition) is 0. The molecule has 3 nitrogen and oxygen atoms in total. The number of hydrogen-bond acceptors (Lipinski definition) is 3. The summed E-state index contributed by atoms with van der Waals surface area (Å²) in [5.74, 6) is 2.33. The fourth-order valence-corrected chi connectivity index (χ4v) is 3.08. The number of aromatic nitrogens is 2. The Morgan fingerprint density at radius 2 is 1.79 bits per heavy atom. The van der Waals surface area contributed by atoms with Crippen molar-refractivity contribution in [2.24, 2.45) is 0 Å². The van der Waals surface area contributed by atoms with Gasteiger partial charge in [-0.1, -0.05) is 39.5 Å². The summed E-state index contributed by atoms with van der Waals surface area (Å²) in [6.07, 6.45) is 8.03. The van der Waals surface area contributed by atoms with Crippen LogP contribution in [0.5, 0.6) is 0 Å². The second-order valence-corrected chi connectivity index (χ2v) is 6.63. The molecule has 1 aliphatic carbocycles. The molecule has 0 N–H and O–H groups in total. The Hall–Kier alpha value is -0.640. The van der Waals surface area contributed by atoms with Crippen molar-refractivity contribution < 1.29 is 0 Å². The lowest BCUT2D eigenvalue weighted by Gasteiger charge is -2.28. The Labute approximate surface area is 125 Å². The first kappa shape index (κ1) is 14.8. The van der Waals surface area contributed by atoms with E-state index in [0.29, 0.717) is 12.0 Å². The molecule has 1 aromatic rings. The predicted molar refractivity (Wildman–Crippen MR) is 83.7 cm³/mol. The van der Waals surface area contributed by atoms with E-state index in [2.05, 4.69) is 46.7 Å². The Kier molecular flexibility index (Phi) is 5.20. The van der Waals surface area contributed by atoms with Gasteiger partial charge in [-0.05, 0) is 28.8 Å². The maximum absolute atomic E-state index is 4.72. The predicted octanol–water partition coefficient (Wildman–Crippen LogP) is 4.52. The second-order valence-electron chi connectivity index (χ2n) is 5.82. The van der Waals surface area contributed by atoms with Gasteiger partial charge in [0.15, 0.2) is 0 Å². The SMILES string of the molecule is CC(C)c1nc(Br)cc(N(C)C2CCCCCC2)n1. The van der Waals surface area contributed by atoms with Crippen molar-refractivity contribution in [1.82, 2.24) is 9.97 Å². The lowest BCUT2D eigenvalue weighted by Crippen LogP contribution is -2.32. The zero-order valence-electron chi connectivity index (χ0n) is 12.2. The van der Waals surface area contributed by atoms with Crippen LogP contribution in [-0.4, -0.2) is 23.1 Å². The third-order valence-corrected chi connectivity index (χ3v) is 4.36. The molecule has 2 rings (SSSR count). The molecule has 1 aromatic heterocycles. The molecular formula is C15H24BrN3. The molecule has 1 saturated carbocycles. The van der Waals surface area contributed by atoms with Crippen LogP contribution in [0.15, 0.2) is 10.7 Å². The number of anilines is 1. The van der Waals surface area contributed by atoms with Crippen LogP contribution in [0.3, 0.4) is 0 Å². The average Bonchev–Trinajstić information content (AvgIpc) is 2.65. The van der Waals surface area contributed by atoms with Gasteiger partial charge in [0.1, 0.15) is 16.2 Å². The van der Waals surface area contributed by atoms with Crippen LogP contribution in [0.25, 0.3) is 0 Å². The third kappa shape index (κ3) is 3.91. The summed E-state index contributed by atoms with van der Waals surface area (Å²) >= 11 is 3.51. The maximum Gasteiger partial charge on any atom is 0.134 e. The van der Waals surface area contributed by atoms with Crippen LogP contribution in [0.1, 0.15) is 64.1 Å². The first-order chi connectivity index (χ1) is 9.08. The Balaban J connectivity index is 2.19. The van der Waals surface area contributed by atoms with E-state index in [9.17, 15) is 0 Å². The normalized spacial score (nSPS) is 17.5. The van der Waals surface area contributed by atoms with E-state index in [1.807, 2.05) is 6.07 Å². The van der Waals surface area contributed by atoms with Crippen molar-refractivity contribution in [2.75, 3.05) is 11.9 Å². The Morgan fingerprint density at radius 1 is 1.16 bits per heavy atom. The number of halogens is 1. The van der Waals surface area contributed by atoms with Crippen molar-refractivity contribution >= 4 is 21.7 Å². The summed E-state index contributed by atoms with van der Waals surface area (Å²) < 4.78 is 0.890. The molecule has 0 bridgehead atoms. The van der Waals surface area contributed by atoms with E-state index in [1.54, 1.807) is 0 Å².